The molecule has 0 bridgehead atoms. The first-order chi connectivity index (χ1) is 14.6. The van der Waals surface area contributed by atoms with E-state index in [2.05, 4.69) is 34.3 Å². The summed E-state index contributed by atoms with van der Waals surface area (Å²) >= 11 is 0. The van der Waals surface area contributed by atoms with E-state index in [4.69, 9.17) is 14.5 Å². The Hall–Kier alpha value is -2.57. The van der Waals surface area contributed by atoms with Gasteiger partial charge in [-0.05, 0) is 75.1 Å². The predicted octanol–water partition coefficient (Wildman–Crippen LogP) is 3.95. The van der Waals surface area contributed by atoms with Gasteiger partial charge in [-0.15, -0.1) is 0 Å². The highest BCUT2D eigenvalue weighted by molar-refractivity contribution is 5.83. The Bertz CT molecular complexity index is 984. The van der Waals surface area contributed by atoms with Crippen molar-refractivity contribution in [1.29, 1.82) is 0 Å². The van der Waals surface area contributed by atoms with Crippen molar-refractivity contribution in [1.82, 2.24) is 20.2 Å². The van der Waals surface area contributed by atoms with Crippen molar-refractivity contribution in [3.05, 3.63) is 41.5 Å². The Labute approximate surface area is 178 Å². The lowest BCUT2D eigenvalue weighted by atomic mass is 9.88. The van der Waals surface area contributed by atoms with Gasteiger partial charge in [-0.2, -0.15) is 0 Å². The zero-order valence-corrected chi connectivity index (χ0v) is 18.4. The largest absolute Gasteiger partial charge is 0.497 e. The predicted molar refractivity (Wildman–Crippen MR) is 122 cm³/mol. The number of rotatable bonds is 7. The van der Waals surface area contributed by atoms with Crippen molar-refractivity contribution in [2.24, 2.45) is 0 Å². The molecule has 1 aliphatic rings. The lowest BCUT2D eigenvalue weighted by Gasteiger charge is -2.32. The fraction of sp³-hybridized carbons (Fsp3) is 0.458. The summed E-state index contributed by atoms with van der Waals surface area (Å²) in [4.78, 5) is 11.0. The summed E-state index contributed by atoms with van der Waals surface area (Å²) in [7, 11) is 5.35. The third-order valence-corrected chi connectivity index (χ3v) is 6.16. The molecular formula is C24H32N4O2. The van der Waals surface area contributed by atoms with Gasteiger partial charge in [0.15, 0.2) is 0 Å². The van der Waals surface area contributed by atoms with Crippen molar-refractivity contribution in [3.63, 3.8) is 0 Å². The number of methoxy groups -OCH3 is 2. The van der Waals surface area contributed by atoms with Gasteiger partial charge in [0.2, 0.25) is 0 Å². The number of aromatic amines is 1. The van der Waals surface area contributed by atoms with Gasteiger partial charge < -0.3 is 24.7 Å². The summed E-state index contributed by atoms with van der Waals surface area (Å²) in [5, 5.41) is 3.25. The zero-order chi connectivity index (χ0) is 21.1. The number of nitrogens with one attached hydrogen (secondary N) is 2. The molecule has 0 atom stereocenters. The van der Waals surface area contributed by atoms with Crippen LogP contribution >= 0.6 is 0 Å². The molecule has 0 amide bonds. The molecule has 0 aliphatic carbocycles. The SMILES string of the molecule is CNCCN1CCC(c2cc(C)c3nc(-c4cc(OC)cc(OC)c4)[nH]c3c2)CC1. The standard InChI is InChI=1S/C24H32N4O2/c1-16-11-18(17-5-8-28(9-6-17)10-7-25-2)14-22-23(16)27-24(26-22)19-12-20(29-3)15-21(13-19)30-4/h11-15,17,25H,5-10H2,1-4H3,(H,26,27). The summed E-state index contributed by atoms with van der Waals surface area (Å²) in [5.74, 6) is 2.96. The molecule has 2 heterocycles. The summed E-state index contributed by atoms with van der Waals surface area (Å²) < 4.78 is 10.8. The minimum absolute atomic E-state index is 0.614. The van der Waals surface area contributed by atoms with Crippen LogP contribution in [0.3, 0.4) is 0 Å². The summed E-state index contributed by atoms with van der Waals surface area (Å²) in [6.45, 7) is 6.68. The van der Waals surface area contributed by atoms with E-state index in [1.54, 1.807) is 14.2 Å². The number of likely N-dealkylation sites (tertiary alicyclic amines) is 1. The molecule has 4 rings (SSSR count). The second kappa shape index (κ2) is 9.06. The van der Waals surface area contributed by atoms with Gasteiger partial charge in [0.25, 0.3) is 0 Å². The summed E-state index contributed by atoms with van der Waals surface area (Å²) in [6, 6.07) is 10.5. The van der Waals surface area contributed by atoms with Crippen LogP contribution in [0, 0.1) is 6.92 Å². The third kappa shape index (κ3) is 4.30. The van der Waals surface area contributed by atoms with Crippen LogP contribution in [0.25, 0.3) is 22.4 Å². The van der Waals surface area contributed by atoms with Crippen LogP contribution in [0.1, 0.15) is 29.9 Å². The van der Waals surface area contributed by atoms with Crippen LogP contribution in [-0.2, 0) is 0 Å². The van der Waals surface area contributed by atoms with Gasteiger partial charge in [0.05, 0.1) is 25.3 Å². The number of aryl methyl sites for hydroxylation is 1. The molecule has 0 unspecified atom stereocenters. The average Bonchev–Trinajstić information content (AvgIpc) is 3.22. The number of nitrogens with zero attached hydrogens (tertiary/aromatic N) is 2. The molecule has 2 aromatic carbocycles. The Morgan fingerprint density at radius 3 is 2.40 bits per heavy atom. The molecule has 0 saturated carbocycles. The van der Waals surface area contributed by atoms with Crippen molar-refractivity contribution < 1.29 is 9.47 Å². The fourth-order valence-electron chi connectivity index (χ4n) is 4.39. The van der Waals surface area contributed by atoms with E-state index in [1.807, 2.05) is 25.2 Å². The number of H-pyrrole nitrogens is 1. The van der Waals surface area contributed by atoms with Crippen molar-refractivity contribution in [2.45, 2.75) is 25.7 Å². The van der Waals surface area contributed by atoms with Crippen LogP contribution in [0.15, 0.2) is 30.3 Å². The first kappa shape index (κ1) is 20.7. The lowest BCUT2D eigenvalue weighted by molar-refractivity contribution is 0.214. The maximum absolute atomic E-state index is 5.42. The molecule has 0 radical (unpaired) electrons. The van der Waals surface area contributed by atoms with Gasteiger partial charge in [0.1, 0.15) is 17.3 Å². The Morgan fingerprint density at radius 1 is 1.07 bits per heavy atom. The number of fused-ring (bicyclic) bond motifs is 1. The molecule has 2 N–H and O–H groups in total. The van der Waals surface area contributed by atoms with E-state index in [0.717, 1.165) is 47.0 Å². The minimum atomic E-state index is 0.614. The second-order valence-electron chi connectivity index (χ2n) is 8.14. The molecule has 1 aliphatic heterocycles. The van der Waals surface area contributed by atoms with E-state index < -0.39 is 0 Å². The van der Waals surface area contributed by atoms with Crippen LogP contribution < -0.4 is 14.8 Å². The molecule has 6 nitrogen and oxygen atoms in total. The van der Waals surface area contributed by atoms with Crippen LogP contribution in [0.4, 0.5) is 0 Å². The maximum Gasteiger partial charge on any atom is 0.138 e. The molecule has 1 saturated heterocycles. The van der Waals surface area contributed by atoms with Crippen molar-refractivity contribution in [3.8, 4) is 22.9 Å². The van der Waals surface area contributed by atoms with Gasteiger partial charge in [-0.3, -0.25) is 0 Å². The molecule has 0 spiro atoms. The highest BCUT2D eigenvalue weighted by atomic mass is 16.5. The number of ether oxygens (including phenoxy) is 2. The summed E-state index contributed by atoms with van der Waals surface area (Å²) in [6.07, 6.45) is 2.42. The lowest BCUT2D eigenvalue weighted by Crippen LogP contribution is -2.37. The summed E-state index contributed by atoms with van der Waals surface area (Å²) in [5.41, 5.74) is 5.73. The normalized spacial score (nSPS) is 15.6. The Kier molecular flexibility index (Phi) is 6.25. The van der Waals surface area contributed by atoms with Crippen molar-refractivity contribution >= 4 is 11.0 Å². The van der Waals surface area contributed by atoms with Gasteiger partial charge in [-0.1, -0.05) is 6.07 Å². The molecular weight excluding hydrogens is 376 g/mol. The molecule has 160 valence electrons. The number of piperidine rings is 1. The third-order valence-electron chi connectivity index (χ3n) is 6.16. The van der Waals surface area contributed by atoms with Gasteiger partial charge in [0, 0.05) is 24.7 Å². The number of hydrogen-bond acceptors (Lipinski definition) is 5. The highest BCUT2D eigenvalue weighted by Gasteiger charge is 2.21. The smallest absolute Gasteiger partial charge is 0.138 e. The van der Waals surface area contributed by atoms with Gasteiger partial charge in [-0.25, -0.2) is 4.98 Å². The topological polar surface area (TPSA) is 62.4 Å². The van der Waals surface area contributed by atoms with E-state index in [-0.39, 0.29) is 0 Å². The first-order valence-corrected chi connectivity index (χ1v) is 10.7. The van der Waals surface area contributed by atoms with E-state index in [9.17, 15) is 0 Å². The van der Waals surface area contributed by atoms with E-state index in [0.29, 0.717) is 5.92 Å². The van der Waals surface area contributed by atoms with Crippen LogP contribution in [-0.4, -0.2) is 62.3 Å². The van der Waals surface area contributed by atoms with Crippen LogP contribution in [0.2, 0.25) is 0 Å². The number of imidazole rings is 1. The maximum atomic E-state index is 5.42. The molecule has 30 heavy (non-hydrogen) atoms. The zero-order valence-electron chi connectivity index (χ0n) is 18.4. The number of aromatic nitrogens is 2. The van der Waals surface area contributed by atoms with E-state index in [1.165, 1.54) is 37.1 Å². The average molecular weight is 409 g/mol. The van der Waals surface area contributed by atoms with Crippen LogP contribution in [0.5, 0.6) is 11.5 Å². The first-order valence-electron chi connectivity index (χ1n) is 10.7. The van der Waals surface area contributed by atoms with Crippen molar-refractivity contribution in [2.75, 3.05) is 47.4 Å². The molecule has 3 aromatic rings. The second-order valence-corrected chi connectivity index (χ2v) is 8.14. The highest BCUT2D eigenvalue weighted by Crippen LogP contribution is 2.34. The van der Waals surface area contributed by atoms with E-state index >= 15 is 0 Å². The molecule has 6 heteroatoms. The van der Waals surface area contributed by atoms with Gasteiger partial charge >= 0.3 is 0 Å². The minimum Gasteiger partial charge on any atom is -0.497 e. The Morgan fingerprint density at radius 2 is 1.77 bits per heavy atom. The fourth-order valence-corrected chi connectivity index (χ4v) is 4.39. The Balaban J connectivity index is 1.60. The molecule has 1 fully saturated rings. The molecule has 1 aromatic heterocycles. The number of likely N-dealkylation sites (N-methyl/N-ethyl adjacent to an activating group) is 1. The number of benzene rings is 2. The quantitative estimate of drug-likeness (QED) is 0.620. The monoisotopic (exact) mass is 408 g/mol. The number of hydrogen-bond donors (Lipinski definition) is 2.